The molecule has 1 heterocycles. The number of phenols is 2. The lowest BCUT2D eigenvalue weighted by Crippen LogP contribution is -2.38. The summed E-state index contributed by atoms with van der Waals surface area (Å²) in [6.45, 7) is 0.585. The van der Waals surface area contributed by atoms with Crippen LogP contribution >= 0.6 is 11.3 Å². The van der Waals surface area contributed by atoms with Crippen LogP contribution in [0.4, 0.5) is 15.6 Å². The van der Waals surface area contributed by atoms with E-state index in [4.69, 9.17) is 0 Å². The Kier molecular flexibility index (Phi) is 4.66. The maximum atomic E-state index is 12.6. The molecule has 3 rings (SSSR count). The minimum Gasteiger partial charge on any atom is -0.504 e. The van der Waals surface area contributed by atoms with E-state index in [1.165, 1.54) is 36.3 Å². The summed E-state index contributed by atoms with van der Waals surface area (Å²) in [5, 5.41) is 24.3. The highest BCUT2D eigenvalue weighted by Gasteiger charge is 2.24. The smallest absolute Gasteiger partial charge is 0.328 e. The van der Waals surface area contributed by atoms with E-state index in [0.29, 0.717) is 23.3 Å². The zero-order valence-corrected chi connectivity index (χ0v) is 13.4. The van der Waals surface area contributed by atoms with Crippen LogP contribution in [0.1, 0.15) is 25.7 Å². The Morgan fingerprint density at radius 3 is 2.74 bits per heavy atom. The Morgan fingerprint density at radius 2 is 2.09 bits per heavy atom. The molecule has 0 radical (unpaired) electrons. The minimum atomic E-state index is -0.281. The maximum absolute atomic E-state index is 12.6. The monoisotopic (exact) mass is 333 g/mol. The van der Waals surface area contributed by atoms with Gasteiger partial charge in [-0.25, -0.2) is 9.78 Å². The predicted molar refractivity (Wildman–Crippen MR) is 90.2 cm³/mol. The molecule has 7 heteroatoms. The second-order valence-electron chi connectivity index (χ2n) is 5.70. The highest BCUT2D eigenvalue weighted by Crippen LogP contribution is 2.32. The normalized spacial score (nSPS) is 14.8. The van der Waals surface area contributed by atoms with E-state index in [-0.39, 0.29) is 17.5 Å². The van der Waals surface area contributed by atoms with E-state index < -0.39 is 0 Å². The quantitative estimate of drug-likeness (QED) is 0.743. The van der Waals surface area contributed by atoms with Crippen molar-refractivity contribution in [2.45, 2.75) is 25.7 Å². The van der Waals surface area contributed by atoms with Crippen molar-refractivity contribution in [1.29, 1.82) is 0 Å². The zero-order valence-electron chi connectivity index (χ0n) is 12.6. The standard InChI is InChI=1S/C16H19N3O3S/c20-13-6-5-12(9-14(13)21)19(10-11-3-1-2-4-11)16(22)18-15-17-7-8-23-15/h5-9,11,20-21H,1-4,10H2,(H,17,18,22). The van der Waals surface area contributed by atoms with Crippen LogP contribution in [0.3, 0.4) is 0 Å². The van der Waals surface area contributed by atoms with Gasteiger partial charge in [0.05, 0.1) is 0 Å². The van der Waals surface area contributed by atoms with Gasteiger partial charge in [-0.3, -0.25) is 10.2 Å². The third-order valence-electron chi connectivity index (χ3n) is 4.08. The van der Waals surface area contributed by atoms with Gasteiger partial charge < -0.3 is 10.2 Å². The van der Waals surface area contributed by atoms with Crippen LogP contribution in [-0.4, -0.2) is 27.8 Å². The number of carbonyl (C=O) groups is 1. The molecule has 0 bridgehead atoms. The van der Waals surface area contributed by atoms with E-state index in [2.05, 4.69) is 10.3 Å². The Balaban J connectivity index is 1.82. The summed E-state index contributed by atoms with van der Waals surface area (Å²) in [7, 11) is 0. The van der Waals surface area contributed by atoms with Gasteiger partial charge in [-0.2, -0.15) is 0 Å². The number of benzene rings is 1. The van der Waals surface area contributed by atoms with Gasteiger partial charge >= 0.3 is 6.03 Å². The summed E-state index contributed by atoms with van der Waals surface area (Å²) in [4.78, 5) is 18.3. The summed E-state index contributed by atoms with van der Waals surface area (Å²) in [5.41, 5.74) is 0.557. The molecule has 0 spiro atoms. The first kappa shape index (κ1) is 15.6. The largest absolute Gasteiger partial charge is 0.504 e. The fourth-order valence-electron chi connectivity index (χ4n) is 2.88. The van der Waals surface area contributed by atoms with Crippen molar-refractivity contribution >= 4 is 28.2 Å². The number of aromatic hydroxyl groups is 2. The number of phenolic OH excluding ortho intramolecular Hbond substituents is 2. The molecule has 0 atom stereocenters. The van der Waals surface area contributed by atoms with Gasteiger partial charge in [0.15, 0.2) is 16.6 Å². The molecule has 3 N–H and O–H groups in total. The summed E-state index contributed by atoms with van der Waals surface area (Å²) >= 11 is 1.35. The summed E-state index contributed by atoms with van der Waals surface area (Å²) in [6.07, 6.45) is 6.21. The van der Waals surface area contributed by atoms with Crippen LogP contribution in [0.2, 0.25) is 0 Å². The first-order valence-corrected chi connectivity index (χ1v) is 8.51. The van der Waals surface area contributed by atoms with E-state index in [9.17, 15) is 15.0 Å². The van der Waals surface area contributed by atoms with E-state index in [0.717, 1.165) is 12.8 Å². The fourth-order valence-corrected chi connectivity index (χ4v) is 3.40. The van der Waals surface area contributed by atoms with Crippen molar-refractivity contribution in [2.75, 3.05) is 16.8 Å². The van der Waals surface area contributed by atoms with Gasteiger partial charge in [0.25, 0.3) is 0 Å². The van der Waals surface area contributed by atoms with Crippen LogP contribution in [0.15, 0.2) is 29.8 Å². The average molecular weight is 333 g/mol. The van der Waals surface area contributed by atoms with Crippen LogP contribution in [0.25, 0.3) is 0 Å². The predicted octanol–water partition coefficient (Wildman–Crippen LogP) is 3.78. The number of amides is 2. The SMILES string of the molecule is O=C(Nc1nccs1)N(CC1CCCC1)c1ccc(O)c(O)c1. The van der Waals surface area contributed by atoms with Crippen LogP contribution < -0.4 is 10.2 Å². The number of carbonyl (C=O) groups excluding carboxylic acids is 1. The zero-order chi connectivity index (χ0) is 16.2. The van der Waals surface area contributed by atoms with Crippen molar-refractivity contribution in [2.24, 2.45) is 5.92 Å². The van der Waals surface area contributed by atoms with E-state index >= 15 is 0 Å². The molecule has 2 amide bonds. The lowest BCUT2D eigenvalue weighted by Gasteiger charge is -2.26. The van der Waals surface area contributed by atoms with Crippen molar-refractivity contribution in [3.05, 3.63) is 29.8 Å². The molecular formula is C16H19N3O3S. The molecule has 0 unspecified atom stereocenters. The molecule has 1 aromatic carbocycles. The first-order valence-electron chi connectivity index (χ1n) is 7.63. The molecular weight excluding hydrogens is 314 g/mol. The molecule has 1 fully saturated rings. The maximum Gasteiger partial charge on any atom is 0.328 e. The molecule has 2 aromatic rings. The first-order chi connectivity index (χ1) is 11.1. The van der Waals surface area contributed by atoms with Gasteiger partial charge in [0.2, 0.25) is 0 Å². The third kappa shape index (κ3) is 3.73. The van der Waals surface area contributed by atoms with Crippen molar-refractivity contribution in [1.82, 2.24) is 4.98 Å². The van der Waals surface area contributed by atoms with Gasteiger partial charge in [0, 0.05) is 29.9 Å². The van der Waals surface area contributed by atoms with E-state index in [1.54, 1.807) is 22.5 Å². The van der Waals surface area contributed by atoms with Crippen molar-refractivity contribution < 1.29 is 15.0 Å². The van der Waals surface area contributed by atoms with E-state index in [1.807, 2.05) is 0 Å². The number of aromatic nitrogens is 1. The summed E-state index contributed by atoms with van der Waals surface area (Å²) in [6, 6.07) is 4.15. The molecule has 1 aliphatic rings. The summed E-state index contributed by atoms with van der Waals surface area (Å²) < 4.78 is 0. The molecule has 0 saturated heterocycles. The number of urea groups is 1. The Labute approximate surface area is 138 Å². The van der Waals surface area contributed by atoms with Gasteiger partial charge in [-0.15, -0.1) is 11.3 Å². The summed E-state index contributed by atoms with van der Waals surface area (Å²) in [5.74, 6) is 0.0175. The Morgan fingerprint density at radius 1 is 1.30 bits per heavy atom. The minimum absolute atomic E-state index is 0.199. The Hall–Kier alpha value is -2.28. The lowest BCUT2D eigenvalue weighted by atomic mass is 10.1. The Bertz CT molecular complexity index is 669. The molecule has 23 heavy (non-hydrogen) atoms. The molecule has 1 aromatic heterocycles. The number of nitrogens with one attached hydrogen (secondary N) is 1. The van der Waals surface area contributed by atoms with Crippen molar-refractivity contribution in [3.63, 3.8) is 0 Å². The molecule has 6 nitrogen and oxygen atoms in total. The van der Waals surface area contributed by atoms with Crippen LogP contribution in [0, 0.1) is 5.92 Å². The molecule has 1 aliphatic carbocycles. The average Bonchev–Trinajstić information content (AvgIpc) is 3.21. The lowest BCUT2D eigenvalue weighted by molar-refractivity contribution is 0.255. The topological polar surface area (TPSA) is 85.7 Å². The van der Waals surface area contributed by atoms with Crippen LogP contribution in [0.5, 0.6) is 11.5 Å². The van der Waals surface area contributed by atoms with Gasteiger partial charge in [-0.1, -0.05) is 12.8 Å². The molecule has 1 saturated carbocycles. The number of anilines is 2. The number of hydrogen-bond donors (Lipinski definition) is 3. The van der Waals surface area contributed by atoms with Gasteiger partial charge in [-0.05, 0) is 30.9 Å². The molecule has 122 valence electrons. The number of rotatable bonds is 4. The molecule has 0 aliphatic heterocycles. The highest BCUT2D eigenvalue weighted by molar-refractivity contribution is 7.13. The number of nitrogens with zero attached hydrogens (tertiary/aromatic N) is 2. The number of hydrogen-bond acceptors (Lipinski definition) is 5. The van der Waals surface area contributed by atoms with Crippen molar-refractivity contribution in [3.8, 4) is 11.5 Å². The second kappa shape index (κ2) is 6.87. The fraction of sp³-hybridized carbons (Fsp3) is 0.375. The van der Waals surface area contributed by atoms with Crippen LogP contribution in [-0.2, 0) is 0 Å². The second-order valence-corrected chi connectivity index (χ2v) is 6.60. The number of thiazole rings is 1. The highest BCUT2D eigenvalue weighted by atomic mass is 32.1. The third-order valence-corrected chi connectivity index (χ3v) is 4.77. The van der Waals surface area contributed by atoms with Gasteiger partial charge in [0.1, 0.15) is 0 Å².